The van der Waals surface area contributed by atoms with Gasteiger partial charge in [-0.3, -0.25) is 4.79 Å². The Morgan fingerprint density at radius 1 is 1.13 bits per heavy atom. The van der Waals surface area contributed by atoms with Crippen LogP contribution >= 0.6 is 0 Å². The standard InChI is InChI=1S/C16H22N2O4S/c19-14-5-2-10-18(11-14)23(21,22)15-8-6-13(7-9-15)17-16(20)12-3-1-4-12/h6-9,12,14,19H,1-5,10-11H2,(H,17,20). The van der Waals surface area contributed by atoms with Gasteiger partial charge in [-0.2, -0.15) is 4.31 Å². The number of anilines is 1. The molecule has 0 aromatic heterocycles. The van der Waals surface area contributed by atoms with Crippen molar-refractivity contribution in [1.82, 2.24) is 4.31 Å². The highest BCUT2D eigenvalue weighted by Gasteiger charge is 2.29. The number of aliphatic hydroxyl groups excluding tert-OH is 1. The van der Waals surface area contributed by atoms with Gasteiger partial charge in [-0.15, -0.1) is 0 Å². The predicted molar refractivity (Wildman–Crippen MR) is 86.4 cm³/mol. The topological polar surface area (TPSA) is 86.7 Å². The zero-order valence-corrected chi connectivity index (χ0v) is 13.8. The highest BCUT2D eigenvalue weighted by molar-refractivity contribution is 7.89. The Bertz CT molecular complexity index is 668. The normalized spacial score (nSPS) is 23.3. The highest BCUT2D eigenvalue weighted by Crippen LogP contribution is 2.28. The van der Waals surface area contributed by atoms with Crippen molar-refractivity contribution in [2.45, 2.75) is 43.1 Å². The van der Waals surface area contributed by atoms with Gasteiger partial charge in [0, 0.05) is 24.7 Å². The number of β-amino-alcohol motifs (C(OH)–C–C–N with tert-alkyl or cyclic N) is 1. The number of nitrogens with zero attached hydrogens (tertiary/aromatic N) is 1. The molecule has 2 N–H and O–H groups in total. The number of piperidine rings is 1. The number of aliphatic hydroxyl groups is 1. The number of carbonyl (C=O) groups excluding carboxylic acids is 1. The number of carbonyl (C=O) groups is 1. The molecule has 2 aliphatic rings. The first-order valence-electron chi connectivity index (χ1n) is 8.06. The Hall–Kier alpha value is -1.44. The minimum Gasteiger partial charge on any atom is -0.392 e. The van der Waals surface area contributed by atoms with E-state index in [0.29, 0.717) is 25.1 Å². The SMILES string of the molecule is O=C(Nc1ccc(S(=O)(=O)N2CCCC(O)C2)cc1)C1CCC1. The summed E-state index contributed by atoms with van der Waals surface area (Å²) in [6.07, 6.45) is 3.65. The lowest BCUT2D eigenvalue weighted by atomic mass is 9.85. The monoisotopic (exact) mass is 338 g/mol. The van der Waals surface area contributed by atoms with Gasteiger partial charge in [0.2, 0.25) is 15.9 Å². The molecule has 1 unspecified atom stereocenters. The number of benzene rings is 1. The van der Waals surface area contributed by atoms with E-state index in [9.17, 15) is 18.3 Å². The zero-order chi connectivity index (χ0) is 16.4. The van der Waals surface area contributed by atoms with Gasteiger partial charge in [-0.05, 0) is 49.9 Å². The van der Waals surface area contributed by atoms with Crippen molar-refractivity contribution in [2.75, 3.05) is 18.4 Å². The molecule has 6 nitrogen and oxygen atoms in total. The van der Waals surface area contributed by atoms with E-state index in [-0.39, 0.29) is 23.3 Å². The van der Waals surface area contributed by atoms with Gasteiger partial charge in [0.1, 0.15) is 0 Å². The number of amides is 1. The molecule has 1 saturated heterocycles. The van der Waals surface area contributed by atoms with Crippen molar-refractivity contribution < 1.29 is 18.3 Å². The lowest BCUT2D eigenvalue weighted by Gasteiger charge is -2.29. The highest BCUT2D eigenvalue weighted by atomic mass is 32.2. The lowest BCUT2D eigenvalue weighted by Crippen LogP contribution is -2.42. The summed E-state index contributed by atoms with van der Waals surface area (Å²) in [5.74, 6) is 0.0965. The van der Waals surface area contributed by atoms with Crippen LogP contribution in [-0.2, 0) is 14.8 Å². The fourth-order valence-electron chi connectivity index (χ4n) is 2.91. The number of nitrogens with one attached hydrogen (secondary N) is 1. The number of sulfonamides is 1. The molecule has 1 aromatic carbocycles. The summed E-state index contributed by atoms with van der Waals surface area (Å²) in [6.45, 7) is 0.571. The Balaban J connectivity index is 1.69. The van der Waals surface area contributed by atoms with Crippen LogP contribution in [0.5, 0.6) is 0 Å². The van der Waals surface area contributed by atoms with Crippen LogP contribution in [0.25, 0.3) is 0 Å². The van der Waals surface area contributed by atoms with Crippen LogP contribution in [0.1, 0.15) is 32.1 Å². The lowest BCUT2D eigenvalue weighted by molar-refractivity contribution is -0.122. The molecule has 1 aromatic rings. The van der Waals surface area contributed by atoms with Gasteiger partial charge in [0.15, 0.2) is 0 Å². The molecule has 3 rings (SSSR count). The largest absolute Gasteiger partial charge is 0.392 e. The summed E-state index contributed by atoms with van der Waals surface area (Å²) in [5, 5.41) is 12.5. The molecule has 1 amide bonds. The van der Waals surface area contributed by atoms with Crippen molar-refractivity contribution in [3.63, 3.8) is 0 Å². The molecule has 1 atom stereocenters. The van der Waals surface area contributed by atoms with E-state index in [2.05, 4.69) is 5.32 Å². The summed E-state index contributed by atoms with van der Waals surface area (Å²) in [6, 6.07) is 6.24. The molecule has 126 valence electrons. The third-order valence-corrected chi connectivity index (χ3v) is 6.47. The number of hydrogen-bond acceptors (Lipinski definition) is 4. The predicted octanol–water partition coefficient (Wildman–Crippen LogP) is 1.57. The molecule has 0 radical (unpaired) electrons. The smallest absolute Gasteiger partial charge is 0.243 e. The van der Waals surface area contributed by atoms with Crippen LogP contribution < -0.4 is 5.32 Å². The molecular formula is C16H22N2O4S. The maximum Gasteiger partial charge on any atom is 0.243 e. The van der Waals surface area contributed by atoms with Gasteiger partial charge in [0.05, 0.1) is 11.0 Å². The van der Waals surface area contributed by atoms with E-state index in [1.807, 2.05) is 0 Å². The van der Waals surface area contributed by atoms with Gasteiger partial charge in [0.25, 0.3) is 0 Å². The number of rotatable bonds is 4. The van der Waals surface area contributed by atoms with E-state index < -0.39 is 16.1 Å². The quantitative estimate of drug-likeness (QED) is 0.872. The van der Waals surface area contributed by atoms with Gasteiger partial charge in [-0.1, -0.05) is 6.42 Å². The molecule has 1 aliphatic heterocycles. The van der Waals surface area contributed by atoms with E-state index >= 15 is 0 Å². The molecule has 1 aliphatic carbocycles. The van der Waals surface area contributed by atoms with Crippen LogP contribution in [0.4, 0.5) is 5.69 Å². The summed E-state index contributed by atoms with van der Waals surface area (Å²) >= 11 is 0. The minimum atomic E-state index is -3.59. The van der Waals surface area contributed by atoms with Crippen molar-refractivity contribution in [3.8, 4) is 0 Å². The van der Waals surface area contributed by atoms with Gasteiger partial charge in [-0.25, -0.2) is 8.42 Å². The van der Waals surface area contributed by atoms with Crippen molar-refractivity contribution in [2.24, 2.45) is 5.92 Å². The van der Waals surface area contributed by atoms with E-state index in [1.54, 1.807) is 12.1 Å². The molecule has 23 heavy (non-hydrogen) atoms. The Morgan fingerprint density at radius 2 is 1.83 bits per heavy atom. The van der Waals surface area contributed by atoms with Crippen molar-refractivity contribution in [3.05, 3.63) is 24.3 Å². The Morgan fingerprint density at radius 3 is 2.39 bits per heavy atom. The molecule has 7 heteroatoms. The molecule has 1 saturated carbocycles. The average molecular weight is 338 g/mol. The van der Waals surface area contributed by atoms with Gasteiger partial charge < -0.3 is 10.4 Å². The molecule has 0 spiro atoms. The maximum absolute atomic E-state index is 12.6. The summed E-state index contributed by atoms with van der Waals surface area (Å²) < 4.78 is 26.4. The van der Waals surface area contributed by atoms with Crippen LogP contribution in [0.15, 0.2) is 29.2 Å². The second-order valence-electron chi connectivity index (χ2n) is 6.30. The van der Waals surface area contributed by atoms with Crippen molar-refractivity contribution in [1.29, 1.82) is 0 Å². The van der Waals surface area contributed by atoms with Crippen molar-refractivity contribution >= 4 is 21.6 Å². The van der Waals surface area contributed by atoms with Crippen LogP contribution in [0.3, 0.4) is 0 Å². The summed E-state index contributed by atoms with van der Waals surface area (Å²) in [4.78, 5) is 12.1. The first-order valence-corrected chi connectivity index (χ1v) is 9.50. The van der Waals surface area contributed by atoms with Crippen LogP contribution in [-0.4, -0.2) is 42.9 Å². The maximum atomic E-state index is 12.6. The van der Waals surface area contributed by atoms with Crippen LogP contribution in [0.2, 0.25) is 0 Å². The Labute approximate surface area is 136 Å². The molecular weight excluding hydrogens is 316 g/mol. The first kappa shape index (κ1) is 16.4. The molecule has 2 fully saturated rings. The first-order chi connectivity index (χ1) is 11.0. The fraction of sp³-hybridized carbons (Fsp3) is 0.562. The van der Waals surface area contributed by atoms with E-state index in [1.165, 1.54) is 16.4 Å². The van der Waals surface area contributed by atoms with Crippen LogP contribution in [0, 0.1) is 5.92 Å². The van der Waals surface area contributed by atoms with Gasteiger partial charge >= 0.3 is 0 Å². The minimum absolute atomic E-state index is 0.00556. The average Bonchev–Trinajstić information content (AvgIpc) is 2.46. The Kier molecular flexibility index (Phi) is 4.70. The molecule has 0 bridgehead atoms. The summed E-state index contributed by atoms with van der Waals surface area (Å²) in [5.41, 5.74) is 0.611. The third-order valence-electron chi connectivity index (χ3n) is 4.59. The third kappa shape index (κ3) is 3.57. The summed E-state index contributed by atoms with van der Waals surface area (Å²) in [7, 11) is -3.59. The second-order valence-corrected chi connectivity index (χ2v) is 8.24. The fourth-order valence-corrected chi connectivity index (χ4v) is 4.43. The zero-order valence-electron chi connectivity index (χ0n) is 12.9. The molecule has 1 heterocycles. The number of hydrogen-bond donors (Lipinski definition) is 2. The van der Waals surface area contributed by atoms with E-state index in [4.69, 9.17) is 0 Å². The van der Waals surface area contributed by atoms with E-state index in [0.717, 1.165) is 19.3 Å². The second kappa shape index (κ2) is 6.59.